The number of rotatable bonds is 8. The fourth-order valence-electron chi connectivity index (χ4n) is 3.71. The Bertz CT molecular complexity index is 745. The molecule has 2 aromatic rings. The molecule has 0 fully saturated rings. The smallest absolute Gasteiger partial charge is 0.347 e. The number of esters is 1. The van der Waals surface area contributed by atoms with E-state index in [0.717, 1.165) is 29.8 Å². The molecule has 4 nitrogen and oxygen atoms in total. The van der Waals surface area contributed by atoms with Crippen molar-refractivity contribution >= 4 is 5.97 Å². The Hall–Kier alpha value is -2.17. The quantitative estimate of drug-likeness (QED) is 0.720. The van der Waals surface area contributed by atoms with Gasteiger partial charge in [0.25, 0.3) is 0 Å². The first-order valence-corrected chi connectivity index (χ1v) is 9.60. The normalized spacial score (nSPS) is 13.4. The van der Waals surface area contributed by atoms with E-state index in [1.54, 1.807) is 12.1 Å². The lowest BCUT2D eigenvalue weighted by molar-refractivity contribution is -0.162. The van der Waals surface area contributed by atoms with Crippen LogP contribution in [0.25, 0.3) is 0 Å². The molecule has 1 atom stereocenters. The van der Waals surface area contributed by atoms with Crippen molar-refractivity contribution in [3.63, 3.8) is 0 Å². The van der Waals surface area contributed by atoms with E-state index in [-0.39, 0.29) is 6.61 Å². The van der Waals surface area contributed by atoms with Crippen molar-refractivity contribution in [2.75, 3.05) is 26.2 Å². The van der Waals surface area contributed by atoms with Gasteiger partial charge in [0.2, 0.25) is 5.60 Å². The van der Waals surface area contributed by atoms with E-state index >= 15 is 0 Å². The first-order chi connectivity index (χ1) is 12.8. The van der Waals surface area contributed by atoms with Crippen molar-refractivity contribution in [1.82, 2.24) is 4.90 Å². The summed E-state index contributed by atoms with van der Waals surface area (Å²) >= 11 is 0. The van der Waals surface area contributed by atoms with Gasteiger partial charge in [-0.2, -0.15) is 0 Å². The molecule has 1 unspecified atom stereocenters. The highest BCUT2D eigenvalue weighted by Gasteiger charge is 2.43. The summed E-state index contributed by atoms with van der Waals surface area (Å²) in [5, 5.41) is 11.7. The van der Waals surface area contributed by atoms with Crippen molar-refractivity contribution in [1.29, 1.82) is 0 Å². The molecule has 4 heteroatoms. The van der Waals surface area contributed by atoms with Crippen LogP contribution in [0.15, 0.2) is 42.5 Å². The van der Waals surface area contributed by atoms with Crippen LogP contribution in [0.4, 0.5) is 0 Å². The van der Waals surface area contributed by atoms with Crippen LogP contribution in [-0.2, 0) is 15.1 Å². The monoisotopic (exact) mass is 369 g/mol. The molecule has 1 N–H and O–H groups in total. The number of carbonyl (C=O) groups is 1. The van der Waals surface area contributed by atoms with Crippen LogP contribution in [0.3, 0.4) is 0 Å². The van der Waals surface area contributed by atoms with Crippen molar-refractivity contribution in [3.8, 4) is 0 Å². The van der Waals surface area contributed by atoms with E-state index in [2.05, 4.69) is 18.7 Å². The van der Waals surface area contributed by atoms with E-state index in [1.165, 1.54) is 0 Å². The van der Waals surface area contributed by atoms with Crippen LogP contribution in [-0.4, -0.2) is 42.2 Å². The third-order valence-corrected chi connectivity index (χ3v) is 5.06. The van der Waals surface area contributed by atoms with E-state index in [1.807, 2.05) is 51.1 Å². The first kappa shape index (κ1) is 21.1. The number of carbonyl (C=O) groups excluding carboxylic acids is 1. The number of benzene rings is 2. The zero-order chi connectivity index (χ0) is 20.0. The SMILES string of the molecule is CCN(CC)CCOC(=O)C(O)(c1ccccc1)c1c(C)cc(C)cc1C. The number of hydrogen-bond donors (Lipinski definition) is 1. The maximum Gasteiger partial charge on any atom is 0.347 e. The second-order valence-corrected chi connectivity index (χ2v) is 7.01. The molecule has 0 amide bonds. The topological polar surface area (TPSA) is 49.8 Å². The van der Waals surface area contributed by atoms with Gasteiger partial charge < -0.3 is 14.7 Å². The zero-order valence-electron chi connectivity index (χ0n) is 17.1. The second kappa shape index (κ2) is 9.16. The molecule has 27 heavy (non-hydrogen) atoms. The maximum atomic E-state index is 13.1. The molecular formula is C23H31NO3. The Morgan fingerprint density at radius 3 is 2.11 bits per heavy atom. The van der Waals surface area contributed by atoms with Crippen LogP contribution in [0.5, 0.6) is 0 Å². The molecule has 0 aliphatic carbocycles. The summed E-state index contributed by atoms with van der Waals surface area (Å²) in [6.45, 7) is 12.7. The van der Waals surface area contributed by atoms with Gasteiger partial charge in [0.1, 0.15) is 6.61 Å². The van der Waals surface area contributed by atoms with Gasteiger partial charge in [-0.15, -0.1) is 0 Å². The lowest BCUT2D eigenvalue weighted by Crippen LogP contribution is -2.41. The van der Waals surface area contributed by atoms with E-state index in [4.69, 9.17) is 4.74 Å². The molecule has 0 aromatic heterocycles. The minimum atomic E-state index is -1.83. The number of aryl methyl sites for hydroxylation is 3. The molecule has 0 bridgehead atoms. The predicted molar refractivity (Wildman–Crippen MR) is 109 cm³/mol. The lowest BCUT2D eigenvalue weighted by Gasteiger charge is -2.30. The van der Waals surface area contributed by atoms with Gasteiger partial charge >= 0.3 is 5.97 Å². The Balaban J connectivity index is 2.42. The van der Waals surface area contributed by atoms with Gasteiger partial charge in [-0.05, 0) is 50.6 Å². The molecule has 0 radical (unpaired) electrons. The summed E-state index contributed by atoms with van der Waals surface area (Å²) in [5.74, 6) is -0.629. The van der Waals surface area contributed by atoms with Gasteiger partial charge in [0.15, 0.2) is 0 Å². The number of nitrogens with zero attached hydrogens (tertiary/aromatic N) is 1. The van der Waals surface area contributed by atoms with Crippen LogP contribution >= 0.6 is 0 Å². The molecule has 2 aromatic carbocycles. The highest BCUT2D eigenvalue weighted by Crippen LogP contribution is 2.36. The summed E-state index contributed by atoms with van der Waals surface area (Å²) in [6, 6.07) is 13.0. The fourth-order valence-corrected chi connectivity index (χ4v) is 3.71. The summed E-state index contributed by atoms with van der Waals surface area (Å²) in [6.07, 6.45) is 0. The molecule has 0 aliphatic heterocycles. The molecule has 0 aliphatic rings. The molecule has 2 rings (SSSR count). The van der Waals surface area contributed by atoms with Gasteiger partial charge in [-0.1, -0.05) is 61.9 Å². The third-order valence-electron chi connectivity index (χ3n) is 5.06. The summed E-state index contributed by atoms with van der Waals surface area (Å²) in [7, 11) is 0. The first-order valence-electron chi connectivity index (χ1n) is 9.60. The van der Waals surface area contributed by atoms with Crippen molar-refractivity contribution in [2.45, 2.75) is 40.2 Å². The fraction of sp³-hybridized carbons (Fsp3) is 0.435. The zero-order valence-corrected chi connectivity index (χ0v) is 17.1. The highest BCUT2D eigenvalue weighted by atomic mass is 16.5. The van der Waals surface area contributed by atoms with E-state index in [0.29, 0.717) is 17.7 Å². The minimum absolute atomic E-state index is 0.250. The Kier molecular flexibility index (Phi) is 7.17. The van der Waals surface area contributed by atoms with Crippen molar-refractivity contribution in [2.24, 2.45) is 0 Å². The van der Waals surface area contributed by atoms with Gasteiger partial charge in [-0.25, -0.2) is 4.79 Å². The van der Waals surface area contributed by atoms with E-state index in [9.17, 15) is 9.90 Å². The molecule has 0 heterocycles. The Morgan fingerprint density at radius 1 is 1.04 bits per heavy atom. The average Bonchev–Trinajstić information content (AvgIpc) is 2.64. The van der Waals surface area contributed by atoms with Crippen LogP contribution in [0.1, 0.15) is 41.7 Å². The molecule has 0 saturated carbocycles. The molecule has 0 saturated heterocycles. The molecule has 0 spiro atoms. The van der Waals surface area contributed by atoms with Crippen LogP contribution < -0.4 is 0 Å². The van der Waals surface area contributed by atoms with Gasteiger partial charge in [-0.3, -0.25) is 0 Å². The number of likely N-dealkylation sites (N-methyl/N-ethyl adjacent to an activating group) is 1. The number of hydrogen-bond acceptors (Lipinski definition) is 4. The molecular weight excluding hydrogens is 338 g/mol. The summed E-state index contributed by atoms with van der Waals surface area (Å²) < 4.78 is 5.56. The Labute approximate surface area is 162 Å². The lowest BCUT2D eigenvalue weighted by atomic mass is 9.80. The molecule has 146 valence electrons. The summed E-state index contributed by atoms with van der Waals surface area (Å²) in [5.41, 5.74) is 2.14. The summed E-state index contributed by atoms with van der Waals surface area (Å²) in [4.78, 5) is 15.3. The van der Waals surface area contributed by atoms with Crippen molar-refractivity contribution < 1.29 is 14.6 Å². The minimum Gasteiger partial charge on any atom is -0.462 e. The number of aliphatic hydroxyl groups is 1. The van der Waals surface area contributed by atoms with Crippen molar-refractivity contribution in [3.05, 3.63) is 70.3 Å². The van der Waals surface area contributed by atoms with E-state index < -0.39 is 11.6 Å². The average molecular weight is 370 g/mol. The number of ether oxygens (including phenoxy) is 1. The predicted octanol–water partition coefficient (Wildman–Crippen LogP) is 3.73. The second-order valence-electron chi connectivity index (χ2n) is 7.01. The largest absolute Gasteiger partial charge is 0.462 e. The van der Waals surface area contributed by atoms with Crippen LogP contribution in [0.2, 0.25) is 0 Å². The van der Waals surface area contributed by atoms with Crippen LogP contribution in [0, 0.1) is 20.8 Å². The maximum absolute atomic E-state index is 13.1. The van der Waals surface area contributed by atoms with Gasteiger partial charge in [0, 0.05) is 12.1 Å². The third kappa shape index (κ3) is 4.57. The highest BCUT2D eigenvalue weighted by molar-refractivity contribution is 5.86. The van der Waals surface area contributed by atoms with Gasteiger partial charge in [0.05, 0.1) is 0 Å². The Morgan fingerprint density at radius 2 is 1.59 bits per heavy atom. The standard InChI is InChI=1S/C23H31NO3/c1-6-24(7-2)13-14-27-22(25)23(26,20-11-9-8-10-12-20)21-18(4)15-17(3)16-19(21)5/h8-12,15-16,26H,6-7,13-14H2,1-5H3.